The molecule has 0 unspecified atom stereocenters. The Hall–Kier alpha value is -4.01. The normalized spacial score (nSPS) is 17.6. The van der Waals surface area contributed by atoms with Gasteiger partial charge in [-0.3, -0.25) is 9.67 Å². The van der Waals surface area contributed by atoms with Crippen LogP contribution < -0.4 is 9.80 Å². The number of aromatic nitrogens is 5. The van der Waals surface area contributed by atoms with Crippen LogP contribution in [0.5, 0.6) is 0 Å². The third kappa shape index (κ3) is 3.77. The topological polar surface area (TPSA) is 88.5 Å². The number of aryl methyl sites for hydroxylation is 1. The Morgan fingerprint density at radius 2 is 1.77 bits per heavy atom. The predicted molar refractivity (Wildman–Crippen MR) is 133 cm³/mol. The lowest BCUT2D eigenvalue weighted by Gasteiger charge is -2.34. The molecule has 3 aliphatic rings. The zero-order valence-corrected chi connectivity index (χ0v) is 19.6. The lowest BCUT2D eigenvalue weighted by Crippen LogP contribution is -2.47. The maximum Gasteiger partial charge on any atom is 0.318 e. The molecule has 1 saturated heterocycles. The van der Waals surface area contributed by atoms with Crippen LogP contribution in [0.4, 0.5) is 11.8 Å². The summed E-state index contributed by atoms with van der Waals surface area (Å²) in [6, 6.07) is 11.4. The largest absolute Gasteiger partial charge is 0.408 e. The fraction of sp³-hybridized carbons (Fsp3) is 0.346. The summed E-state index contributed by atoms with van der Waals surface area (Å²) in [4.78, 5) is 14.1. The standard InChI is InChI=1S/C26H26N8O/c1-32-16-21(15-29-32)18-4-5-20-14-28-24(22(20)12-18)19-6-7-27-23(13-19)33-8-10-34(11-9-33)26-31-30-25(35-26)17-2-3-17/h4-7,12-13,15-17H,2-3,8-11,14H2,1H3. The molecule has 7 rings (SSSR count). The summed E-state index contributed by atoms with van der Waals surface area (Å²) in [6.45, 7) is 4.08. The Balaban J connectivity index is 1.09. The van der Waals surface area contributed by atoms with Gasteiger partial charge in [-0.1, -0.05) is 17.2 Å². The van der Waals surface area contributed by atoms with Gasteiger partial charge in [-0.05, 0) is 42.2 Å². The summed E-state index contributed by atoms with van der Waals surface area (Å²) in [5.41, 5.74) is 6.85. The second kappa shape index (κ2) is 8.04. The smallest absolute Gasteiger partial charge is 0.318 e. The van der Waals surface area contributed by atoms with Crippen LogP contribution in [0.2, 0.25) is 0 Å². The van der Waals surface area contributed by atoms with Gasteiger partial charge in [0.25, 0.3) is 0 Å². The lowest BCUT2D eigenvalue weighted by molar-refractivity contribution is 0.475. The molecule has 9 heteroatoms. The van der Waals surface area contributed by atoms with E-state index in [1.165, 1.54) is 11.1 Å². The molecular formula is C26H26N8O. The van der Waals surface area contributed by atoms with E-state index in [4.69, 9.17) is 9.41 Å². The number of benzene rings is 1. The molecule has 1 saturated carbocycles. The van der Waals surface area contributed by atoms with Gasteiger partial charge in [0, 0.05) is 68.2 Å². The van der Waals surface area contributed by atoms with Crippen LogP contribution in [0, 0.1) is 0 Å². The average molecular weight is 467 g/mol. The Labute approximate surface area is 203 Å². The van der Waals surface area contributed by atoms with E-state index in [0.29, 0.717) is 18.5 Å². The number of hydrogen-bond donors (Lipinski definition) is 0. The first kappa shape index (κ1) is 20.4. The molecule has 2 fully saturated rings. The van der Waals surface area contributed by atoms with Gasteiger partial charge in [-0.15, -0.1) is 5.10 Å². The molecule has 0 amide bonds. The SMILES string of the molecule is Cn1cc(-c2ccc3c(c2)C(c2ccnc(N4CCN(c5nnc(C6CC6)o5)CC4)c2)=NC3)cn1. The van der Waals surface area contributed by atoms with E-state index in [-0.39, 0.29) is 0 Å². The van der Waals surface area contributed by atoms with Crippen LogP contribution >= 0.6 is 0 Å². The zero-order valence-electron chi connectivity index (χ0n) is 19.6. The van der Waals surface area contributed by atoms with Crippen LogP contribution in [0.25, 0.3) is 11.1 Å². The first-order valence-electron chi connectivity index (χ1n) is 12.2. The summed E-state index contributed by atoms with van der Waals surface area (Å²) >= 11 is 0. The third-order valence-electron chi connectivity index (χ3n) is 7.06. The molecule has 0 spiro atoms. The van der Waals surface area contributed by atoms with Gasteiger partial charge in [0.2, 0.25) is 5.89 Å². The van der Waals surface area contributed by atoms with E-state index in [1.54, 1.807) is 0 Å². The monoisotopic (exact) mass is 466 g/mol. The highest BCUT2D eigenvalue weighted by Crippen LogP contribution is 2.40. The summed E-state index contributed by atoms with van der Waals surface area (Å²) in [5, 5.41) is 12.8. The molecule has 0 bridgehead atoms. The van der Waals surface area contributed by atoms with Gasteiger partial charge < -0.3 is 14.2 Å². The van der Waals surface area contributed by atoms with Crippen molar-refractivity contribution >= 4 is 17.5 Å². The second-order valence-corrected chi connectivity index (χ2v) is 9.51. The van der Waals surface area contributed by atoms with Gasteiger partial charge in [0.1, 0.15) is 5.82 Å². The van der Waals surface area contributed by atoms with Crippen LogP contribution in [-0.4, -0.2) is 56.9 Å². The number of pyridine rings is 1. The minimum absolute atomic E-state index is 0.480. The molecule has 2 aliphatic heterocycles. The molecular weight excluding hydrogens is 440 g/mol. The Morgan fingerprint density at radius 3 is 2.57 bits per heavy atom. The average Bonchev–Trinajstić information content (AvgIpc) is 3.28. The number of rotatable bonds is 5. The Bertz CT molecular complexity index is 1420. The predicted octanol–water partition coefficient (Wildman–Crippen LogP) is 3.42. The van der Waals surface area contributed by atoms with Crippen LogP contribution in [-0.2, 0) is 13.6 Å². The van der Waals surface area contributed by atoms with E-state index in [1.807, 2.05) is 30.3 Å². The highest BCUT2D eigenvalue weighted by molar-refractivity contribution is 6.15. The lowest BCUT2D eigenvalue weighted by atomic mass is 9.96. The van der Waals surface area contributed by atoms with Gasteiger partial charge in [0.15, 0.2) is 0 Å². The summed E-state index contributed by atoms with van der Waals surface area (Å²) < 4.78 is 7.73. The second-order valence-electron chi connectivity index (χ2n) is 9.51. The molecule has 5 heterocycles. The number of nitrogens with zero attached hydrogens (tertiary/aromatic N) is 8. The van der Waals surface area contributed by atoms with Gasteiger partial charge in [-0.25, -0.2) is 4.98 Å². The van der Waals surface area contributed by atoms with E-state index in [9.17, 15) is 0 Å². The van der Waals surface area contributed by atoms with Crippen molar-refractivity contribution in [3.63, 3.8) is 0 Å². The van der Waals surface area contributed by atoms with Crippen molar-refractivity contribution in [3.05, 3.63) is 71.5 Å². The summed E-state index contributed by atoms with van der Waals surface area (Å²) in [7, 11) is 1.94. The molecule has 35 heavy (non-hydrogen) atoms. The molecule has 0 N–H and O–H groups in total. The number of anilines is 2. The quantitative estimate of drug-likeness (QED) is 0.445. The highest BCUT2D eigenvalue weighted by Gasteiger charge is 2.31. The molecule has 0 radical (unpaired) electrons. The van der Waals surface area contributed by atoms with Crippen molar-refractivity contribution in [3.8, 4) is 11.1 Å². The van der Waals surface area contributed by atoms with Crippen molar-refractivity contribution < 1.29 is 4.42 Å². The molecule has 1 aliphatic carbocycles. The van der Waals surface area contributed by atoms with Crippen LogP contribution in [0.1, 0.15) is 41.3 Å². The highest BCUT2D eigenvalue weighted by atomic mass is 16.4. The fourth-order valence-corrected chi connectivity index (χ4v) is 4.90. The molecule has 1 aromatic carbocycles. The van der Waals surface area contributed by atoms with Crippen molar-refractivity contribution in [2.24, 2.45) is 12.0 Å². The molecule has 3 aromatic heterocycles. The number of fused-ring (bicyclic) bond motifs is 1. The van der Waals surface area contributed by atoms with E-state index in [0.717, 1.165) is 73.1 Å². The molecule has 4 aromatic rings. The Kier molecular flexibility index (Phi) is 4.68. The van der Waals surface area contributed by atoms with E-state index >= 15 is 0 Å². The van der Waals surface area contributed by atoms with Gasteiger partial charge in [0.05, 0.1) is 18.5 Å². The van der Waals surface area contributed by atoms with Crippen molar-refractivity contribution in [1.29, 1.82) is 0 Å². The van der Waals surface area contributed by atoms with Crippen LogP contribution in [0.15, 0.2) is 58.3 Å². The minimum atomic E-state index is 0.480. The van der Waals surface area contributed by atoms with Crippen LogP contribution in [0.3, 0.4) is 0 Å². The Morgan fingerprint density at radius 1 is 0.914 bits per heavy atom. The molecule has 9 nitrogen and oxygen atoms in total. The molecule has 0 atom stereocenters. The first-order chi connectivity index (χ1) is 17.2. The fourth-order valence-electron chi connectivity index (χ4n) is 4.90. The number of aliphatic imine (C=N–C) groups is 1. The van der Waals surface area contributed by atoms with Crippen molar-refractivity contribution in [2.75, 3.05) is 36.0 Å². The zero-order chi connectivity index (χ0) is 23.4. The maximum atomic E-state index is 5.90. The maximum absolute atomic E-state index is 5.90. The summed E-state index contributed by atoms with van der Waals surface area (Å²) in [6.07, 6.45) is 8.16. The van der Waals surface area contributed by atoms with Gasteiger partial charge >= 0.3 is 6.01 Å². The number of piperazine rings is 1. The third-order valence-corrected chi connectivity index (χ3v) is 7.06. The molecule has 176 valence electrons. The summed E-state index contributed by atoms with van der Waals surface area (Å²) in [5.74, 6) is 2.25. The van der Waals surface area contributed by atoms with Crippen molar-refractivity contribution in [1.82, 2.24) is 25.0 Å². The van der Waals surface area contributed by atoms with Gasteiger partial charge in [-0.2, -0.15) is 5.10 Å². The van der Waals surface area contributed by atoms with Crippen molar-refractivity contribution in [2.45, 2.75) is 25.3 Å². The minimum Gasteiger partial charge on any atom is -0.408 e. The van der Waals surface area contributed by atoms with E-state index in [2.05, 4.69) is 60.4 Å². The van der Waals surface area contributed by atoms with E-state index < -0.39 is 0 Å². The number of hydrogen-bond acceptors (Lipinski definition) is 8. The first-order valence-corrected chi connectivity index (χ1v) is 12.2.